The number of hydrogen-bond acceptors (Lipinski definition) is 8. The van der Waals surface area contributed by atoms with Crippen LogP contribution in [0.1, 0.15) is 9.67 Å². The first-order valence-electron chi connectivity index (χ1n) is 8.54. The SMILES string of the molecule is COC(=O)c1sccc1NC(=O)CSc1ncnc2sc(-c3ccccc3)cc12. The number of nitrogens with one attached hydrogen (secondary N) is 1. The number of aromatic nitrogens is 2. The lowest BCUT2D eigenvalue weighted by molar-refractivity contribution is -0.113. The van der Waals surface area contributed by atoms with E-state index in [1.54, 1.807) is 22.8 Å². The van der Waals surface area contributed by atoms with Gasteiger partial charge in [0.05, 0.1) is 18.6 Å². The molecule has 0 saturated heterocycles. The number of thioether (sulfide) groups is 1. The second-order valence-corrected chi connectivity index (χ2v) is 8.78. The molecule has 4 rings (SSSR count). The number of anilines is 1. The minimum atomic E-state index is -0.466. The van der Waals surface area contributed by atoms with E-state index in [1.165, 1.54) is 36.5 Å². The summed E-state index contributed by atoms with van der Waals surface area (Å²) in [5, 5.41) is 6.18. The van der Waals surface area contributed by atoms with E-state index in [0.717, 1.165) is 25.7 Å². The monoisotopic (exact) mass is 441 g/mol. The van der Waals surface area contributed by atoms with Crippen LogP contribution < -0.4 is 5.32 Å². The van der Waals surface area contributed by atoms with Gasteiger partial charge in [-0.05, 0) is 23.1 Å². The number of esters is 1. The Kier molecular flexibility index (Phi) is 5.89. The van der Waals surface area contributed by atoms with Crippen molar-refractivity contribution >= 4 is 62.2 Å². The first-order valence-corrected chi connectivity index (χ1v) is 11.2. The third kappa shape index (κ3) is 4.31. The zero-order valence-electron chi connectivity index (χ0n) is 15.2. The number of thiophene rings is 2. The summed E-state index contributed by atoms with van der Waals surface area (Å²) in [6.07, 6.45) is 1.52. The maximum absolute atomic E-state index is 12.4. The molecular formula is C20H15N3O3S3. The lowest BCUT2D eigenvalue weighted by atomic mass is 10.2. The van der Waals surface area contributed by atoms with Crippen LogP contribution in [0.25, 0.3) is 20.7 Å². The van der Waals surface area contributed by atoms with Crippen molar-refractivity contribution in [2.24, 2.45) is 0 Å². The number of carbonyl (C=O) groups excluding carboxylic acids is 2. The maximum Gasteiger partial charge on any atom is 0.350 e. The van der Waals surface area contributed by atoms with Crippen LogP contribution >= 0.6 is 34.4 Å². The van der Waals surface area contributed by atoms with Crippen molar-refractivity contribution < 1.29 is 14.3 Å². The van der Waals surface area contributed by atoms with Gasteiger partial charge < -0.3 is 10.1 Å². The van der Waals surface area contributed by atoms with Gasteiger partial charge in [0.25, 0.3) is 0 Å². The molecule has 0 radical (unpaired) electrons. The summed E-state index contributed by atoms with van der Waals surface area (Å²) in [6, 6.07) is 13.8. The van der Waals surface area contributed by atoms with E-state index in [1.807, 2.05) is 18.2 Å². The fraction of sp³-hybridized carbons (Fsp3) is 0.100. The molecule has 0 aliphatic rings. The number of methoxy groups -OCH3 is 1. The molecule has 0 atom stereocenters. The molecule has 0 bridgehead atoms. The Bertz CT molecular complexity index is 1170. The minimum Gasteiger partial charge on any atom is -0.465 e. The van der Waals surface area contributed by atoms with E-state index in [-0.39, 0.29) is 11.7 Å². The molecule has 3 heterocycles. The molecule has 9 heteroatoms. The number of hydrogen-bond donors (Lipinski definition) is 1. The smallest absolute Gasteiger partial charge is 0.350 e. The molecule has 3 aromatic heterocycles. The van der Waals surface area contributed by atoms with Gasteiger partial charge in [-0.2, -0.15) is 0 Å². The lowest BCUT2D eigenvalue weighted by Gasteiger charge is -2.05. The topological polar surface area (TPSA) is 81.2 Å². The number of carbonyl (C=O) groups is 2. The van der Waals surface area contributed by atoms with Gasteiger partial charge in [-0.15, -0.1) is 22.7 Å². The molecule has 6 nitrogen and oxygen atoms in total. The van der Waals surface area contributed by atoms with Crippen molar-refractivity contribution in [3.63, 3.8) is 0 Å². The van der Waals surface area contributed by atoms with Crippen LogP contribution in [-0.2, 0) is 9.53 Å². The van der Waals surface area contributed by atoms with Crippen molar-refractivity contribution in [1.82, 2.24) is 9.97 Å². The standard InChI is InChI=1S/C20H15N3O3S3/c1-26-20(25)17-14(7-8-27-17)23-16(24)10-28-18-13-9-15(12-5-3-2-4-6-12)29-19(13)22-11-21-18/h2-9,11H,10H2,1H3,(H,23,24). The van der Waals surface area contributed by atoms with E-state index in [4.69, 9.17) is 4.74 Å². The van der Waals surface area contributed by atoms with Gasteiger partial charge in [0.15, 0.2) is 0 Å². The molecule has 0 spiro atoms. The molecule has 0 fully saturated rings. The Morgan fingerprint density at radius 3 is 2.79 bits per heavy atom. The van der Waals surface area contributed by atoms with E-state index < -0.39 is 5.97 Å². The lowest BCUT2D eigenvalue weighted by Crippen LogP contribution is -2.15. The molecule has 29 heavy (non-hydrogen) atoms. The van der Waals surface area contributed by atoms with Crippen molar-refractivity contribution in [2.45, 2.75) is 5.03 Å². The van der Waals surface area contributed by atoms with Gasteiger partial charge in [0.2, 0.25) is 5.91 Å². The second-order valence-electron chi connectivity index (χ2n) is 5.87. The van der Waals surface area contributed by atoms with Crippen molar-refractivity contribution in [1.29, 1.82) is 0 Å². The van der Waals surface area contributed by atoms with Crippen LogP contribution in [0.3, 0.4) is 0 Å². The highest BCUT2D eigenvalue weighted by molar-refractivity contribution is 8.00. The Labute approximate surface area is 179 Å². The quantitative estimate of drug-likeness (QED) is 0.259. The largest absolute Gasteiger partial charge is 0.465 e. The highest BCUT2D eigenvalue weighted by Crippen LogP contribution is 2.36. The number of nitrogens with zero attached hydrogens (tertiary/aromatic N) is 2. The molecule has 146 valence electrons. The summed E-state index contributed by atoms with van der Waals surface area (Å²) in [7, 11) is 1.31. The van der Waals surface area contributed by atoms with Crippen LogP contribution in [0.2, 0.25) is 0 Å². The Hall–Kier alpha value is -2.75. The van der Waals surface area contributed by atoms with Gasteiger partial charge >= 0.3 is 5.97 Å². The van der Waals surface area contributed by atoms with Gasteiger partial charge in [0, 0.05) is 10.3 Å². The maximum atomic E-state index is 12.4. The molecule has 4 aromatic rings. The number of rotatable bonds is 6. The third-order valence-corrected chi connectivity index (χ3v) is 6.99. The zero-order chi connectivity index (χ0) is 20.2. The summed E-state index contributed by atoms with van der Waals surface area (Å²) in [5.74, 6) is -0.518. The Balaban J connectivity index is 1.49. The molecule has 1 N–H and O–H groups in total. The summed E-state index contributed by atoms with van der Waals surface area (Å²) in [4.78, 5) is 35.2. The molecule has 0 unspecified atom stereocenters. The van der Waals surface area contributed by atoms with E-state index >= 15 is 0 Å². The Morgan fingerprint density at radius 2 is 2.00 bits per heavy atom. The molecule has 0 aliphatic carbocycles. The second kappa shape index (κ2) is 8.73. The van der Waals surface area contributed by atoms with E-state index in [0.29, 0.717) is 10.6 Å². The first kappa shape index (κ1) is 19.6. The normalized spacial score (nSPS) is 10.8. The number of ether oxygens (including phenoxy) is 1. The van der Waals surface area contributed by atoms with Gasteiger partial charge in [-0.3, -0.25) is 4.79 Å². The minimum absolute atomic E-state index is 0.166. The van der Waals surface area contributed by atoms with Gasteiger partial charge in [-0.25, -0.2) is 14.8 Å². The zero-order valence-corrected chi connectivity index (χ0v) is 17.7. The predicted octanol–water partition coefficient (Wildman–Crippen LogP) is 4.94. The highest BCUT2D eigenvalue weighted by Gasteiger charge is 2.17. The van der Waals surface area contributed by atoms with E-state index in [2.05, 4.69) is 33.5 Å². The predicted molar refractivity (Wildman–Crippen MR) is 118 cm³/mol. The number of fused-ring (bicyclic) bond motifs is 1. The fourth-order valence-corrected chi connectivity index (χ4v) is 5.28. The molecule has 0 saturated carbocycles. The highest BCUT2D eigenvalue weighted by atomic mass is 32.2. The van der Waals surface area contributed by atoms with Crippen LogP contribution in [0.5, 0.6) is 0 Å². The average molecular weight is 442 g/mol. The van der Waals surface area contributed by atoms with Crippen LogP contribution in [0, 0.1) is 0 Å². The molecular weight excluding hydrogens is 426 g/mol. The Morgan fingerprint density at radius 1 is 1.17 bits per heavy atom. The summed E-state index contributed by atoms with van der Waals surface area (Å²) >= 11 is 4.16. The molecule has 0 aliphatic heterocycles. The molecule has 1 amide bonds. The van der Waals surface area contributed by atoms with Crippen molar-refractivity contribution in [3.8, 4) is 10.4 Å². The van der Waals surface area contributed by atoms with E-state index in [9.17, 15) is 9.59 Å². The fourth-order valence-electron chi connectivity index (χ4n) is 2.67. The summed E-state index contributed by atoms with van der Waals surface area (Å²) < 4.78 is 4.73. The van der Waals surface area contributed by atoms with Gasteiger partial charge in [0.1, 0.15) is 21.1 Å². The van der Waals surface area contributed by atoms with Crippen LogP contribution in [0.4, 0.5) is 5.69 Å². The summed E-state index contributed by atoms with van der Waals surface area (Å²) in [6.45, 7) is 0. The van der Waals surface area contributed by atoms with Crippen molar-refractivity contribution in [2.75, 3.05) is 18.2 Å². The number of benzene rings is 1. The summed E-state index contributed by atoms with van der Waals surface area (Å²) in [5.41, 5.74) is 1.58. The number of amides is 1. The van der Waals surface area contributed by atoms with Gasteiger partial charge in [-0.1, -0.05) is 42.1 Å². The average Bonchev–Trinajstić information content (AvgIpc) is 3.39. The molecule has 1 aromatic carbocycles. The van der Waals surface area contributed by atoms with Crippen LogP contribution in [0.15, 0.2) is 59.2 Å². The van der Waals surface area contributed by atoms with Crippen molar-refractivity contribution in [3.05, 3.63) is 59.0 Å². The first-order chi connectivity index (χ1) is 14.2. The van der Waals surface area contributed by atoms with Crippen LogP contribution in [-0.4, -0.2) is 34.7 Å². The third-order valence-electron chi connectivity index (χ3n) is 4.00.